The summed E-state index contributed by atoms with van der Waals surface area (Å²) in [6, 6.07) is 9.01. The zero-order chi connectivity index (χ0) is 19.6. The highest BCUT2D eigenvalue weighted by Gasteiger charge is 2.40. The lowest BCUT2D eigenvalue weighted by atomic mass is 9.95. The largest absolute Gasteiger partial charge is 0.435 e. The number of halogens is 3. The van der Waals surface area contributed by atoms with Gasteiger partial charge in [-0.05, 0) is 25.0 Å². The Morgan fingerprint density at radius 2 is 1.78 bits per heavy atom. The molecule has 0 aliphatic carbocycles. The quantitative estimate of drug-likeness (QED) is 0.890. The highest BCUT2D eigenvalue weighted by Crippen LogP contribution is 2.32. The summed E-state index contributed by atoms with van der Waals surface area (Å²) in [7, 11) is 1.34. The second-order valence-electron chi connectivity index (χ2n) is 6.48. The van der Waals surface area contributed by atoms with Crippen LogP contribution in [0.2, 0.25) is 0 Å². The first-order valence-corrected chi connectivity index (χ1v) is 8.51. The topological polar surface area (TPSA) is 67.2 Å². The number of anilines is 1. The first-order valence-electron chi connectivity index (χ1n) is 8.51. The predicted octanol–water partition coefficient (Wildman–Crippen LogP) is 2.93. The van der Waals surface area contributed by atoms with Crippen molar-refractivity contribution < 1.29 is 22.8 Å². The van der Waals surface area contributed by atoms with E-state index >= 15 is 0 Å². The van der Waals surface area contributed by atoms with Crippen LogP contribution >= 0.6 is 0 Å². The fraction of sp³-hybridized carbons (Fsp3) is 0.389. The van der Waals surface area contributed by atoms with Crippen LogP contribution in [0.15, 0.2) is 36.5 Å². The number of aryl methyl sites for hydroxylation is 1. The predicted molar refractivity (Wildman–Crippen MR) is 91.9 cm³/mol. The molecule has 144 valence electrons. The summed E-state index contributed by atoms with van der Waals surface area (Å²) < 4.78 is 40.2. The molecule has 0 spiro atoms. The second-order valence-corrected chi connectivity index (χ2v) is 6.48. The lowest BCUT2D eigenvalue weighted by Crippen LogP contribution is -2.41. The SMILES string of the molecule is Cn1cc(C(=O)N2CCC(C(=O)Nc3ccccc3)CC2)c(C(F)(F)F)n1. The number of hydrogen-bond donors (Lipinski definition) is 1. The van der Waals surface area contributed by atoms with Gasteiger partial charge in [-0.3, -0.25) is 14.3 Å². The van der Waals surface area contributed by atoms with Gasteiger partial charge in [-0.2, -0.15) is 18.3 Å². The van der Waals surface area contributed by atoms with E-state index in [4.69, 9.17) is 0 Å². The molecule has 1 aliphatic rings. The van der Waals surface area contributed by atoms with Crippen LogP contribution in [0.4, 0.5) is 18.9 Å². The molecule has 27 heavy (non-hydrogen) atoms. The minimum absolute atomic E-state index is 0.148. The number of amides is 2. The Morgan fingerprint density at radius 1 is 1.15 bits per heavy atom. The number of para-hydroxylation sites is 1. The first-order chi connectivity index (χ1) is 12.8. The molecule has 2 aromatic rings. The van der Waals surface area contributed by atoms with E-state index in [9.17, 15) is 22.8 Å². The number of carbonyl (C=O) groups is 2. The normalized spacial score (nSPS) is 15.6. The maximum absolute atomic E-state index is 13.1. The van der Waals surface area contributed by atoms with E-state index in [0.717, 1.165) is 10.9 Å². The highest BCUT2D eigenvalue weighted by molar-refractivity contribution is 5.96. The number of nitrogens with zero attached hydrogens (tertiary/aromatic N) is 3. The van der Waals surface area contributed by atoms with Crippen LogP contribution in [0, 0.1) is 5.92 Å². The zero-order valence-electron chi connectivity index (χ0n) is 14.7. The van der Waals surface area contributed by atoms with Crippen molar-refractivity contribution in [2.45, 2.75) is 19.0 Å². The molecule has 1 aromatic carbocycles. The van der Waals surface area contributed by atoms with Crippen LogP contribution in [0.3, 0.4) is 0 Å². The first kappa shape index (κ1) is 18.9. The van der Waals surface area contributed by atoms with Crippen molar-refractivity contribution in [2.75, 3.05) is 18.4 Å². The van der Waals surface area contributed by atoms with Gasteiger partial charge in [-0.1, -0.05) is 18.2 Å². The van der Waals surface area contributed by atoms with E-state index in [-0.39, 0.29) is 24.9 Å². The van der Waals surface area contributed by atoms with Gasteiger partial charge in [-0.15, -0.1) is 0 Å². The molecule has 0 atom stereocenters. The summed E-state index contributed by atoms with van der Waals surface area (Å²) in [5.74, 6) is -1.15. The minimum Gasteiger partial charge on any atom is -0.338 e. The lowest BCUT2D eigenvalue weighted by Gasteiger charge is -2.31. The molecular formula is C18H19F3N4O2. The Labute approximate surface area is 154 Å². The molecule has 1 aromatic heterocycles. The van der Waals surface area contributed by atoms with Gasteiger partial charge in [-0.25, -0.2) is 0 Å². The van der Waals surface area contributed by atoms with Gasteiger partial charge in [0.1, 0.15) is 0 Å². The van der Waals surface area contributed by atoms with E-state index in [1.165, 1.54) is 11.9 Å². The Kier molecular flexibility index (Phi) is 5.20. The van der Waals surface area contributed by atoms with Gasteiger partial charge in [0, 0.05) is 37.9 Å². The zero-order valence-corrected chi connectivity index (χ0v) is 14.7. The third kappa shape index (κ3) is 4.29. The number of carbonyl (C=O) groups excluding carboxylic acids is 2. The van der Waals surface area contributed by atoms with Crippen molar-refractivity contribution in [1.82, 2.24) is 14.7 Å². The van der Waals surface area contributed by atoms with Gasteiger partial charge < -0.3 is 10.2 Å². The molecule has 1 N–H and O–H groups in total. The number of likely N-dealkylation sites (tertiary alicyclic amines) is 1. The maximum Gasteiger partial charge on any atom is 0.435 e. The van der Waals surface area contributed by atoms with Gasteiger partial charge in [0.25, 0.3) is 5.91 Å². The van der Waals surface area contributed by atoms with Crippen LogP contribution in [-0.4, -0.2) is 39.6 Å². The number of rotatable bonds is 3. The fourth-order valence-corrected chi connectivity index (χ4v) is 3.14. The van der Waals surface area contributed by atoms with Crippen LogP contribution in [0.1, 0.15) is 28.9 Å². The number of piperidine rings is 1. The van der Waals surface area contributed by atoms with Gasteiger partial charge in [0.2, 0.25) is 5.91 Å². The number of alkyl halides is 3. The average molecular weight is 380 g/mol. The monoisotopic (exact) mass is 380 g/mol. The van der Waals surface area contributed by atoms with Gasteiger partial charge >= 0.3 is 6.18 Å². The second kappa shape index (κ2) is 7.42. The Hall–Kier alpha value is -2.84. The van der Waals surface area contributed by atoms with Crippen molar-refractivity contribution >= 4 is 17.5 Å². The van der Waals surface area contributed by atoms with Crippen LogP contribution < -0.4 is 5.32 Å². The summed E-state index contributed by atoms with van der Waals surface area (Å²) in [4.78, 5) is 26.2. The molecule has 9 heteroatoms. The summed E-state index contributed by atoms with van der Waals surface area (Å²) >= 11 is 0. The van der Waals surface area contributed by atoms with E-state index in [1.54, 1.807) is 12.1 Å². The smallest absolute Gasteiger partial charge is 0.338 e. The van der Waals surface area contributed by atoms with E-state index in [1.807, 2.05) is 18.2 Å². The summed E-state index contributed by atoms with van der Waals surface area (Å²) in [5, 5.41) is 6.18. The molecule has 0 bridgehead atoms. The standard InChI is InChI=1S/C18H19F3N4O2/c1-24-11-14(15(23-24)18(19,20)21)17(27)25-9-7-12(8-10-25)16(26)22-13-5-3-2-4-6-13/h2-6,11-12H,7-10H2,1H3,(H,22,26). The van der Waals surface area contributed by atoms with Gasteiger partial charge in [0.15, 0.2) is 5.69 Å². The number of nitrogens with one attached hydrogen (secondary N) is 1. The minimum atomic E-state index is -4.69. The number of benzene rings is 1. The van der Waals surface area contributed by atoms with Crippen molar-refractivity contribution in [3.05, 3.63) is 47.8 Å². The summed E-state index contributed by atoms with van der Waals surface area (Å²) in [5.41, 5.74) is -0.956. The van der Waals surface area contributed by atoms with Crippen molar-refractivity contribution in [2.24, 2.45) is 13.0 Å². The van der Waals surface area contributed by atoms with Crippen molar-refractivity contribution in [3.8, 4) is 0 Å². The molecule has 0 radical (unpaired) electrons. The molecule has 3 rings (SSSR count). The fourth-order valence-electron chi connectivity index (χ4n) is 3.14. The molecule has 2 amide bonds. The summed E-state index contributed by atoms with van der Waals surface area (Å²) in [6.45, 7) is 0.440. The third-order valence-corrected chi connectivity index (χ3v) is 4.52. The van der Waals surface area contributed by atoms with Crippen LogP contribution in [-0.2, 0) is 18.0 Å². The average Bonchev–Trinajstić information content (AvgIpc) is 3.04. The molecule has 6 nitrogen and oxygen atoms in total. The molecule has 1 saturated heterocycles. The van der Waals surface area contributed by atoms with E-state index in [0.29, 0.717) is 18.5 Å². The van der Waals surface area contributed by atoms with Crippen LogP contribution in [0.25, 0.3) is 0 Å². The maximum atomic E-state index is 13.1. The Balaban J connectivity index is 1.62. The van der Waals surface area contributed by atoms with Crippen molar-refractivity contribution in [1.29, 1.82) is 0 Å². The number of hydrogen-bond acceptors (Lipinski definition) is 3. The Bertz CT molecular complexity index is 825. The summed E-state index contributed by atoms with van der Waals surface area (Å²) in [6.07, 6.45) is -2.82. The molecule has 1 fully saturated rings. The third-order valence-electron chi connectivity index (χ3n) is 4.52. The van der Waals surface area contributed by atoms with Crippen LogP contribution in [0.5, 0.6) is 0 Å². The molecule has 1 aliphatic heterocycles. The molecule has 2 heterocycles. The van der Waals surface area contributed by atoms with Gasteiger partial charge in [0.05, 0.1) is 5.56 Å². The highest BCUT2D eigenvalue weighted by atomic mass is 19.4. The Morgan fingerprint density at radius 3 is 2.37 bits per heavy atom. The van der Waals surface area contributed by atoms with E-state index < -0.39 is 23.3 Å². The number of aromatic nitrogens is 2. The van der Waals surface area contributed by atoms with E-state index in [2.05, 4.69) is 10.4 Å². The molecule has 0 saturated carbocycles. The lowest BCUT2D eigenvalue weighted by molar-refractivity contribution is -0.141. The molecular weight excluding hydrogens is 361 g/mol. The molecule has 0 unspecified atom stereocenters. The van der Waals surface area contributed by atoms with Crippen molar-refractivity contribution in [3.63, 3.8) is 0 Å².